The monoisotopic (exact) mass is 420 g/mol. The number of nitrogens with zero attached hydrogens (tertiary/aromatic N) is 1. The number of sulfonamides is 1. The second kappa shape index (κ2) is 7.92. The fraction of sp³-hybridized carbons (Fsp3) is 0.467. The lowest BCUT2D eigenvalue weighted by Crippen LogP contribution is -2.48. The molecule has 1 aliphatic rings. The highest BCUT2D eigenvalue weighted by atomic mass is 32.2. The third kappa shape index (κ3) is 5.25. The van der Waals surface area contributed by atoms with Crippen LogP contribution in [0.15, 0.2) is 29.2 Å². The van der Waals surface area contributed by atoms with Crippen LogP contribution in [0.4, 0.5) is 0 Å². The van der Waals surface area contributed by atoms with Crippen molar-refractivity contribution in [1.29, 1.82) is 0 Å². The zero-order chi connectivity index (χ0) is 20.4. The van der Waals surface area contributed by atoms with Crippen molar-refractivity contribution in [2.75, 3.05) is 18.1 Å². The second-order valence-corrected chi connectivity index (χ2v) is 10.3. The Bertz CT molecular complexity index is 925. The number of aliphatic hydroxyl groups is 1. The standard InChI is InChI=1S/C15H20N2O8S2/c1-10(18)16-6-11-2-4-12(5-3-11)27(24,25)17(7-15(20)21)13-8-26(22,23)9-14(13)19/h2-5,13-14,19H,6-9H2,1H3,(H,16,18)(H,20,21)/t13-,14-/m0/s1. The molecule has 1 fully saturated rings. The van der Waals surface area contributed by atoms with Gasteiger partial charge in [-0.3, -0.25) is 9.59 Å². The van der Waals surface area contributed by atoms with E-state index in [0.29, 0.717) is 9.87 Å². The second-order valence-electron chi connectivity index (χ2n) is 6.21. The first kappa shape index (κ1) is 21.3. The van der Waals surface area contributed by atoms with Crippen LogP contribution in [0.1, 0.15) is 12.5 Å². The average Bonchev–Trinajstić information content (AvgIpc) is 2.83. The number of carbonyl (C=O) groups is 2. The molecular weight excluding hydrogens is 400 g/mol. The summed E-state index contributed by atoms with van der Waals surface area (Å²) >= 11 is 0. The van der Waals surface area contributed by atoms with Crippen molar-refractivity contribution in [3.05, 3.63) is 29.8 Å². The van der Waals surface area contributed by atoms with Crippen LogP contribution in [-0.4, -0.2) is 73.4 Å². The summed E-state index contributed by atoms with van der Waals surface area (Å²) in [4.78, 5) is 21.8. The molecule has 3 N–H and O–H groups in total. The molecule has 0 unspecified atom stereocenters. The Morgan fingerprint density at radius 1 is 1.22 bits per heavy atom. The van der Waals surface area contributed by atoms with Gasteiger partial charge >= 0.3 is 5.97 Å². The number of aliphatic carboxylic acids is 1. The quantitative estimate of drug-likeness (QED) is 0.484. The molecule has 0 spiro atoms. The van der Waals surface area contributed by atoms with Crippen LogP contribution in [0.25, 0.3) is 0 Å². The first-order valence-electron chi connectivity index (χ1n) is 7.88. The smallest absolute Gasteiger partial charge is 0.318 e. The van der Waals surface area contributed by atoms with Crippen molar-refractivity contribution in [2.24, 2.45) is 0 Å². The van der Waals surface area contributed by atoms with Crippen LogP contribution in [0.5, 0.6) is 0 Å². The third-order valence-electron chi connectivity index (χ3n) is 4.03. The zero-order valence-corrected chi connectivity index (χ0v) is 16.0. The van der Waals surface area contributed by atoms with Crippen LogP contribution in [0.2, 0.25) is 0 Å². The van der Waals surface area contributed by atoms with Gasteiger partial charge in [-0.2, -0.15) is 4.31 Å². The number of aliphatic hydroxyl groups excluding tert-OH is 1. The molecule has 0 radical (unpaired) electrons. The predicted molar refractivity (Wildman–Crippen MR) is 93.9 cm³/mol. The van der Waals surface area contributed by atoms with Crippen molar-refractivity contribution in [2.45, 2.75) is 30.5 Å². The van der Waals surface area contributed by atoms with E-state index in [-0.39, 0.29) is 17.3 Å². The lowest BCUT2D eigenvalue weighted by atomic mass is 10.2. The zero-order valence-electron chi connectivity index (χ0n) is 14.4. The highest BCUT2D eigenvalue weighted by molar-refractivity contribution is 7.92. The van der Waals surface area contributed by atoms with E-state index in [9.17, 15) is 31.5 Å². The number of carboxylic acids is 1. The number of benzene rings is 1. The lowest BCUT2D eigenvalue weighted by molar-refractivity contribution is -0.137. The Morgan fingerprint density at radius 2 is 1.81 bits per heavy atom. The van der Waals surface area contributed by atoms with Crippen molar-refractivity contribution >= 4 is 31.7 Å². The van der Waals surface area contributed by atoms with Crippen LogP contribution in [-0.2, 0) is 36.0 Å². The number of hydrogen-bond acceptors (Lipinski definition) is 7. The summed E-state index contributed by atoms with van der Waals surface area (Å²) in [6.07, 6.45) is -1.51. The first-order chi connectivity index (χ1) is 12.4. The Balaban J connectivity index is 2.34. The molecule has 27 heavy (non-hydrogen) atoms. The largest absolute Gasteiger partial charge is 0.480 e. The number of sulfone groups is 1. The van der Waals surface area contributed by atoms with Gasteiger partial charge in [-0.25, -0.2) is 16.8 Å². The van der Waals surface area contributed by atoms with Crippen LogP contribution >= 0.6 is 0 Å². The molecule has 0 aliphatic carbocycles. The maximum atomic E-state index is 12.9. The lowest BCUT2D eigenvalue weighted by Gasteiger charge is -2.27. The van der Waals surface area contributed by atoms with Crippen molar-refractivity contribution in [3.63, 3.8) is 0 Å². The van der Waals surface area contributed by atoms with E-state index in [4.69, 9.17) is 5.11 Å². The summed E-state index contributed by atoms with van der Waals surface area (Å²) in [5, 5.41) is 21.6. The SMILES string of the molecule is CC(=O)NCc1ccc(S(=O)(=O)N(CC(=O)O)[C@H]2CS(=O)(=O)C[C@@H]2O)cc1. The van der Waals surface area contributed by atoms with Gasteiger partial charge in [0.05, 0.1) is 28.5 Å². The number of hydrogen-bond donors (Lipinski definition) is 3. The molecule has 0 saturated carbocycles. The molecule has 1 saturated heterocycles. The Kier molecular flexibility index (Phi) is 6.24. The molecular formula is C15H20N2O8S2. The summed E-state index contributed by atoms with van der Waals surface area (Å²) in [7, 11) is -8.05. The number of carboxylic acid groups (broad SMARTS) is 1. The fourth-order valence-corrected chi connectivity index (χ4v) is 6.24. The molecule has 10 nitrogen and oxygen atoms in total. The number of rotatable bonds is 7. The fourth-order valence-electron chi connectivity index (χ4n) is 2.74. The summed E-state index contributed by atoms with van der Waals surface area (Å²) in [6.45, 7) is 0.547. The van der Waals surface area contributed by atoms with Gasteiger partial charge in [-0.1, -0.05) is 12.1 Å². The summed E-state index contributed by atoms with van der Waals surface area (Å²) in [5.74, 6) is -3.01. The highest BCUT2D eigenvalue weighted by Gasteiger charge is 2.45. The maximum absolute atomic E-state index is 12.9. The van der Waals surface area contributed by atoms with Gasteiger partial charge in [0.1, 0.15) is 6.54 Å². The Morgan fingerprint density at radius 3 is 2.26 bits per heavy atom. The molecule has 1 aromatic rings. The van der Waals surface area contributed by atoms with Crippen LogP contribution in [0, 0.1) is 0 Å². The van der Waals surface area contributed by atoms with Crippen molar-refractivity contribution in [1.82, 2.24) is 9.62 Å². The first-order valence-corrected chi connectivity index (χ1v) is 11.1. The van der Waals surface area contributed by atoms with Crippen molar-refractivity contribution in [3.8, 4) is 0 Å². The summed E-state index contributed by atoms with van der Waals surface area (Å²) < 4.78 is 49.7. The van der Waals surface area contributed by atoms with E-state index in [1.165, 1.54) is 31.2 Å². The maximum Gasteiger partial charge on any atom is 0.318 e. The molecule has 1 aliphatic heterocycles. The van der Waals surface area contributed by atoms with Gasteiger partial charge in [0.25, 0.3) is 0 Å². The molecule has 2 rings (SSSR count). The van der Waals surface area contributed by atoms with Crippen molar-refractivity contribution < 1.29 is 36.6 Å². The molecule has 12 heteroatoms. The Labute approximate surface area is 156 Å². The van der Waals surface area contributed by atoms with Gasteiger partial charge in [0, 0.05) is 13.5 Å². The van der Waals surface area contributed by atoms with Gasteiger partial charge in [-0.15, -0.1) is 0 Å². The van der Waals surface area contributed by atoms with E-state index >= 15 is 0 Å². The number of nitrogens with one attached hydrogen (secondary N) is 1. The summed E-state index contributed by atoms with van der Waals surface area (Å²) in [5.41, 5.74) is 0.623. The van der Waals surface area contributed by atoms with E-state index in [1.807, 2.05) is 0 Å². The Hall–Kier alpha value is -2.02. The van der Waals surface area contributed by atoms with Gasteiger partial charge < -0.3 is 15.5 Å². The average molecular weight is 420 g/mol. The van der Waals surface area contributed by atoms with Crippen LogP contribution < -0.4 is 5.32 Å². The van der Waals surface area contributed by atoms with E-state index < -0.39 is 56.0 Å². The molecule has 1 heterocycles. The molecule has 150 valence electrons. The topological polar surface area (TPSA) is 158 Å². The highest BCUT2D eigenvalue weighted by Crippen LogP contribution is 2.25. The normalized spacial score (nSPS) is 21.9. The minimum absolute atomic E-state index is 0.189. The molecule has 1 amide bonds. The number of amides is 1. The predicted octanol–water partition coefficient (Wildman–Crippen LogP) is -1.44. The molecule has 2 atom stereocenters. The minimum atomic E-state index is -4.37. The third-order valence-corrected chi connectivity index (χ3v) is 7.61. The van der Waals surface area contributed by atoms with Gasteiger partial charge in [0.15, 0.2) is 9.84 Å². The van der Waals surface area contributed by atoms with Gasteiger partial charge in [0.2, 0.25) is 15.9 Å². The molecule has 1 aromatic carbocycles. The van der Waals surface area contributed by atoms with E-state index in [2.05, 4.69) is 5.32 Å². The van der Waals surface area contributed by atoms with E-state index in [0.717, 1.165) is 0 Å². The minimum Gasteiger partial charge on any atom is -0.480 e. The summed E-state index contributed by atoms with van der Waals surface area (Å²) in [6, 6.07) is 3.98. The van der Waals surface area contributed by atoms with Crippen LogP contribution in [0.3, 0.4) is 0 Å². The number of carbonyl (C=O) groups excluding carboxylic acids is 1. The van der Waals surface area contributed by atoms with E-state index in [1.54, 1.807) is 0 Å². The molecule has 0 aromatic heterocycles. The van der Waals surface area contributed by atoms with Gasteiger partial charge in [-0.05, 0) is 17.7 Å². The molecule has 0 bridgehead atoms.